The zero-order chi connectivity index (χ0) is 34.6. The van der Waals surface area contributed by atoms with Crippen LogP contribution in [0.5, 0.6) is 0 Å². The van der Waals surface area contributed by atoms with E-state index in [-0.39, 0.29) is 0 Å². The molecule has 0 aromatic heterocycles. The van der Waals surface area contributed by atoms with Crippen LogP contribution in [-0.4, -0.2) is 18.8 Å². The largest absolute Gasteiger partial charge is 0.310 e. The van der Waals surface area contributed by atoms with E-state index < -0.39 is 0 Å². The van der Waals surface area contributed by atoms with Crippen molar-refractivity contribution < 1.29 is 0 Å². The number of nitrogens with zero attached hydrogens (tertiary/aromatic N) is 1. The number of hydrogen-bond acceptors (Lipinski definition) is 2. The summed E-state index contributed by atoms with van der Waals surface area (Å²) in [6.07, 6.45) is 54.2. The number of aliphatic imine (C=N–C) groups is 1. The summed E-state index contributed by atoms with van der Waals surface area (Å²) >= 11 is 0. The third kappa shape index (κ3) is 8.27. The van der Waals surface area contributed by atoms with Crippen molar-refractivity contribution in [3.8, 4) is 0 Å². The molecule has 0 spiro atoms. The highest BCUT2D eigenvalue weighted by atomic mass is 14.9. The van der Waals surface area contributed by atoms with Gasteiger partial charge in [-0.3, -0.25) is 4.99 Å². The maximum atomic E-state index is 4.85. The van der Waals surface area contributed by atoms with Crippen molar-refractivity contribution in [3.05, 3.63) is 106 Å². The molecule has 0 bridgehead atoms. The van der Waals surface area contributed by atoms with E-state index in [1.165, 1.54) is 109 Å². The van der Waals surface area contributed by atoms with E-state index in [0.717, 1.165) is 30.2 Å². The molecule has 1 aliphatic heterocycles. The molecule has 2 nitrogen and oxygen atoms in total. The zero-order valence-electron chi connectivity index (χ0n) is 32.0. The van der Waals surface area contributed by atoms with Gasteiger partial charge in [0.1, 0.15) is 0 Å². The van der Waals surface area contributed by atoms with E-state index in [4.69, 9.17) is 4.99 Å². The lowest BCUT2D eigenvalue weighted by atomic mass is 9.67. The fraction of sp³-hybridized carbons (Fsp3) is 0.612. The first-order valence-corrected chi connectivity index (χ1v) is 21.5. The Kier molecular flexibility index (Phi) is 11.5. The van der Waals surface area contributed by atoms with Crippen LogP contribution < -0.4 is 5.32 Å². The van der Waals surface area contributed by atoms with Gasteiger partial charge in [0.25, 0.3) is 0 Å². The van der Waals surface area contributed by atoms with Crippen LogP contribution in [0.25, 0.3) is 0 Å². The van der Waals surface area contributed by atoms with E-state index in [0.29, 0.717) is 35.6 Å². The van der Waals surface area contributed by atoms with Crippen molar-refractivity contribution in [2.45, 2.75) is 129 Å². The number of rotatable bonds is 8. The SMILES string of the molecule is CC1=CCC(C2=CN=CC(C3=CCC(/C(C)=C4\C=CCCC4C(CNC4C=CC5CCC=CC5C4)C4=CC5CCC=CC5CC4)CC3)C2)CCC1. The number of fused-ring (bicyclic) bond motifs is 2. The fourth-order valence-electron chi connectivity index (χ4n) is 11.5. The van der Waals surface area contributed by atoms with Gasteiger partial charge >= 0.3 is 0 Å². The molecule has 10 unspecified atom stereocenters. The molecule has 272 valence electrons. The lowest BCUT2D eigenvalue weighted by Crippen LogP contribution is -2.40. The summed E-state index contributed by atoms with van der Waals surface area (Å²) in [5.74, 6) is 6.10. The Morgan fingerprint density at radius 2 is 1.65 bits per heavy atom. The Labute approximate surface area is 310 Å². The van der Waals surface area contributed by atoms with Crippen molar-refractivity contribution >= 4 is 6.21 Å². The first kappa shape index (κ1) is 35.3. The van der Waals surface area contributed by atoms with Crippen LogP contribution >= 0.6 is 0 Å². The minimum absolute atomic E-state index is 0.502. The molecule has 8 rings (SSSR count). The Morgan fingerprint density at radius 1 is 0.804 bits per heavy atom. The van der Waals surface area contributed by atoms with E-state index >= 15 is 0 Å². The molecule has 1 N–H and O–H groups in total. The summed E-state index contributed by atoms with van der Waals surface area (Å²) in [5.41, 5.74) is 10.0. The number of hydrogen-bond donors (Lipinski definition) is 1. The molecule has 10 atom stereocenters. The van der Waals surface area contributed by atoms with Crippen molar-refractivity contribution in [1.29, 1.82) is 0 Å². The molecule has 0 aromatic carbocycles. The Balaban J connectivity index is 0.986. The van der Waals surface area contributed by atoms with Gasteiger partial charge in [-0.05, 0) is 181 Å². The standard InChI is InChI=1S/C49H66N2/c1-34-10-9-15-39(19-18-34)44-29-45(32-50-31-44)40-22-20-36(21-23-40)35(2)47-16-7-8-17-48(47)49(43-25-24-37-11-3-5-13-41(37)28-43)33-51-46-27-26-38-12-4-6-14-42(38)30-46/h3,6-7,11,14,16,18,22,26-28,31-32,36-39,41-42,45-46,48-49,51H,4-5,8-10,12-13,15,17,19-21,23-25,29-30,33H2,1-2H3/b47-35+. The van der Waals surface area contributed by atoms with Gasteiger partial charge in [-0.25, -0.2) is 0 Å². The third-order valence-corrected chi connectivity index (χ3v) is 14.8. The molecule has 2 heteroatoms. The summed E-state index contributed by atoms with van der Waals surface area (Å²) < 4.78 is 0. The molecule has 0 saturated heterocycles. The monoisotopic (exact) mass is 683 g/mol. The van der Waals surface area contributed by atoms with Gasteiger partial charge in [-0.2, -0.15) is 0 Å². The first-order chi connectivity index (χ1) is 25.1. The smallest absolute Gasteiger partial charge is 0.0259 e. The predicted octanol–water partition coefficient (Wildman–Crippen LogP) is 12.5. The molecular formula is C49H66N2. The zero-order valence-corrected chi connectivity index (χ0v) is 32.0. The molecule has 51 heavy (non-hydrogen) atoms. The minimum atomic E-state index is 0.502. The Morgan fingerprint density at radius 3 is 2.53 bits per heavy atom. The highest BCUT2D eigenvalue weighted by Gasteiger charge is 2.36. The molecule has 8 aliphatic rings. The summed E-state index contributed by atoms with van der Waals surface area (Å²) in [5, 5.41) is 4.18. The number of allylic oxidation sites excluding steroid dienone is 15. The highest BCUT2D eigenvalue weighted by molar-refractivity contribution is 5.68. The fourth-order valence-corrected chi connectivity index (χ4v) is 11.5. The second-order valence-electron chi connectivity index (χ2n) is 17.9. The molecule has 0 fully saturated rings. The maximum Gasteiger partial charge on any atom is 0.0259 e. The number of nitrogens with one attached hydrogen (secondary N) is 1. The molecule has 0 saturated carbocycles. The average molecular weight is 683 g/mol. The first-order valence-electron chi connectivity index (χ1n) is 21.5. The molecule has 0 aromatic rings. The van der Waals surface area contributed by atoms with Gasteiger partial charge in [0.2, 0.25) is 0 Å². The summed E-state index contributed by atoms with van der Waals surface area (Å²) in [4.78, 5) is 4.85. The van der Waals surface area contributed by atoms with Gasteiger partial charge in [0.05, 0.1) is 0 Å². The van der Waals surface area contributed by atoms with Crippen LogP contribution in [0.2, 0.25) is 0 Å². The Hall–Kier alpha value is -2.71. The molecule has 1 heterocycles. The molecular weight excluding hydrogens is 617 g/mol. The quantitative estimate of drug-likeness (QED) is 0.253. The minimum Gasteiger partial charge on any atom is -0.310 e. The van der Waals surface area contributed by atoms with Crippen LogP contribution in [0.3, 0.4) is 0 Å². The van der Waals surface area contributed by atoms with E-state index in [2.05, 4.69) is 98.4 Å². The summed E-state index contributed by atoms with van der Waals surface area (Å²) in [7, 11) is 0. The van der Waals surface area contributed by atoms with Crippen LogP contribution in [0.4, 0.5) is 0 Å². The van der Waals surface area contributed by atoms with Crippen molar-refractivity contribution in [2.75, 3.05) is 6.54 Å². The van der Waals surface area contributed by atoms with Crippen LogP contribution in [-0.2, 0) is 0 Å². The summed E-state index contributed by atoms with van der Waals surface area (Å²) in [6, 6.07) is 0.502. The van der Waals surface area contributed by atoms with Crippen molar-refractivity contribution in [1.82, 2.24) is 5.32 Å². The van der Waals surface area contributed by atoms with E-state index in [1.54, 1.807) is 33.4 Å². The maximum absolute atomic E-state index is 4.85. The normalized spacial score (nSPS) is 38.0. The topological polar surface area (TPSA) is 24.4 Å². The van der Waals surface area contributed by atoms with Crippen LogP contribution in [0.15, 0.2) is 111 Å². The van der Waals surface area contributed by atoms with Gasteiger partial charge in [-0.15, -0.1) is 0 Å². The summed E-state index contributed by atoms with van der Waals surface area (Å²) in [6.45, 7) is 5.95. The second kappa shape index (κ2) is 16.5. The van der Waals surface area contributed by atoms with E-state index in [9.17, 15) is 0 Å². The van der Waals surface area contributed by atoms with Gasteiger partial charge < -0.3 is 5.32 Å². The van der Waals surface area contributed by atoms with Gasteiger partial charge in [0.15, 0.2) is 0 Å². The molecule has 7 aliphatic carbocycles. The highest BCUT2D eigenvalue weighted by Crippen LogP contribution is 2.46. The predicted molar refractivity (Wildman–Crippen MR) is 217 cm³/mol. The lowest BCUT2D eigenvalue weighted by molar-refractivity contribution is 0.304. The Bertz CT molecular complexity index is 1570. The molecule has 0 radical (unpaired) electrons. The van der Waals surface area contributed by atoms with Crippen molar-refractivity contribution in [2.24, 2.45) is 58.3 Å². The van der Waals surface area contributed by atoms with Crippen molar-refractivity contribution in [3.63, 3.8) is 0 Å². The lowest BCUT2D eigenvalue weighted by Gasteiger charge is -2.40. The molecule has 0 amide bonds. The van der Waals surface area contributed by atoms with E-state index in [1.807, 2.05) is 0 Å². The van der Waals surface area contributed by atoms with Gasteiger partial charge in [0, 0.05) is 30.9 Å². The second-order valence-corrected chi connectivity index (χ2v) is 17.9. The van der Waals surface area contributed by atoms with Gasteiger partial charge in [-0.1, -0.05) is 89.1 Å². The third-order valence-electron chi connectivity index (χ3n) is 14.8. The van der Waals surface area contributed by atoms with Crippen LogP contribution in [0, 0.1) is 53.3 Å². The average Bonchev–Trinajstić information content (AvgIpc) is 3.42. The van der Waals surface area contributed by atoms with Crippen LogP contribution in [0.1, 0.15) is 123 Å².